The SMILES string of the molecule is CCC1(CC)CC(=O)N([C@@H]2CCS(=O)(=O)c3ccc(C(=O)N[C@H]4CC(C)(C)Oc5ccccc54)cc32)C(=N)N1. The Morgan fingerprint density at radius 2 is 1.87 bits per heavy atom. The smallest absolute Gasteiger partial charge is 0.251 e. The van der Waals surface area contributed by atoms with Gasteiger partial charge in [-0.25, -0.2) is 8.42 Å². The van der Waals surface area contributed by atoms with Gasteiger partial charge in [0.2, 0.25) is 5.91 Å². The Morgan fingerprint density at radius 1 is 1.15 bits per heavy atom. The standard InChI is InChI=1S/C29H36N4O5S/c1-5-29(6-2)17-25(34)33(27(30)32-29)22-13-14-39(36,37)24-12-11-18(15-20(22)24)26(35)31-21-16-28(3,4)38-23-10-8-7-9-19(21)23/h7-12,15,21-22H,5-6,13-14,16-17H2,1-4H3,(H2,30,32)(H,31,35)/t21-,22+/m0/s1. The topological polar surface area (TPSA) is 129 Å². The Kier molecular flexibility index (Phi) is 6.73. The van der Waals surface area contributed by atoms with Crippen LogP contribution >= 0.6 is 0 Å². The fraction of sp³-hybridized carbons (Fsp3) is 0.483. The van der Waals surface area contributed by atoms with Crippen molar-refractivity contribution in [2.75, 3.05) is 5.75 Å². The summed E-state index contributed by atoms with van der Waals surface area (Å²) in [6.45, 7) is 7.91. The molecule has 2 aromatic carbocycles. The molecular weight excluding hydrogens is 516 g/mol. The van der Waals surface area contributed by atoms with Crippen LogP contribution < -0.4 is 15.4 Å². The van der Waals surface area contributed by atoms with E-state index in [0.29, 0.717) is 30.4 Å². The molecule has 0 aliphatic carbocycles. The van der Waals surface area contributed by atoms with Gasteiger partial charge in [0.05, 0.1) is 29.2 Å². The Hall–Kier alpha value is -3.40. The molecule has 0 bridgehead atoms. The number of nitrogens with zero attached hydrogens (tertiary/aromatic N) is 1. The van der Waals surface area contributed by atoms with Crippen LogP contribution in [0.4, 0.5) is 0 Å². The molecule has 208 valence electrons. The number of carbonyl (C=O) groups excluding carboxylic acids is 2. The van der Waals surface area contributed by atoms with Gasteiger partial charge >= 0.3 is 0 Å². The van der Waals surface area contributed by atoms with Gasteiger partial charge in [-0.05, 0) is 62.9 Å². The molecule has 2 atom stereocenters. The Balaban J connectivity index is 1.47. The lowest BCUT2D eigenvalue weighted by molar-refractivity contribution is -0.132. The Labute approximate surface area is 229 Å². The van der Waals surface area contributed by atoms with Gasteiger partial charge in [-0.2, -0.15) is 0 Å². The van der Waals surface area contributed by atoms with Crippen molar-refractivity contribution in [2.45, 2.75) is 87.9 Å². The number of carbonyl (C=O) groups is 2. The summed E-state index contributed by atoms with van der Waals surface area (Å²) in [7, 11) is -3.58. The molecule has 2 aromatic rings. The number of para-hydroxylation sites is 1. The van der Waals surface area contributed by atoms with Crippen molar-refractivity contribution < 1.29 is 22.7 Å². The highest BCUT2D eigenvalue weighted by atomic mass is 32.2. The first-order valence-electron chi connectivity index (χ1n) is 13.5. The molecule has 0 unspecified atom stereocenters. The first-order valence-corrected chi connectivity index (χ1v) is 15.2. The summed E-state index contributed by atoms with van der Waals surface area (Å²) in [6.07, 6.45) is 2.33. The number of hydrogen-bond acceptors (Lipinski definition) is 6. The van der Waals surface area contributed by atoms with E-state index in [-0.39, 0.29) is 47.3 Å². The molecule has 5 rings (SSSR count). The quantitative estimate of drug-likeness (QED) is 0.509. The van der Waals surface area contributed by atoms with Gasteiger partial charge in [0.25, 0.3) is 5.91 Å². The summed E-state index contributed by atoms with van der Waals surface area (Å²) in [5.41, 5.74) is 0.608. The van der Waals surface area contributed by atoms with E-state index in [2.05, 4.69) is 10.6 Å². The van der Waals surface area contributed by atoms with E-state index in [4.69, 9.17) is 10.1 Å². The van der Waals surface area contributed by atoms with E-state index in [1.165, 1.54) is 17.0 Å². The van der Waals surface area contributed by atoms with Crippen molar-refractivity contribution in [3.63, 3.8) is 0 Å². The van der Waals surface area contributed by atoms with Gasteiger partial charge in [-0.3, -0.25) is 19.9 Å². The number of fused-ring (bicyclic) bond motifs is 2. The number of guanidine groups is 1. The van der Waals surface area contributed by atoms with Gasteiger partial charge < -0.3 is 15.4 Å². The van der Waals surface area contributed by atoms with Crippen LogP contribution in [-0.2, 0) is 14.6 Å². The maximum absolute atomic E-state index is 13.5. The molecule has 10 heteroatoms. The number of ether oxygens (including phenoxy) is 1. The summed E-state index contributed by atoms with van der Waals surface area (Å²) in [5, 5.41) is 15.0. The minimum Gasteiger partial charge on any atom is -0.487 e. The predicted octanol–water partition coefficient (Wildman–Crippen LogP) is 4.25. The molecule has 1 fully saturated rings. The predicted molar refractivity (Wildman–Crippen MR) is 147 cm³/mol. The Bertz CT molecular complexity index is 1430. The fourth-order valence-corrected chi connectivity index (χ4v) is 7.65. The molecule has 0 saturated carbocycles. The molecule has 3 N–H and O–H groups in total. The number of nitrogens with one attached hydrogen (secondary N) is 3. The highest BCUT2D eigenvalue weighted by Gasteiger charge is 2.45. The maximum atomic E-state index is 13.5. The molecule has 9 nitrogen and oxygen atoms in total. The second-order valence-electron chi connectivity index (χ2n) is 11.4. The summed E-state index contributed by atoms with van der Waals surface area (Å²) in [4.78, 5) is 28.4. The number of benzene rings is 2. The summed E-state index contributed by atoms with van der Waals surface area (Å²) >= 11 is 0. The lowest BCUT2D eigenvalue weighted by Gasteiger charge is -2.45. The van der Waals surface area contributed by atoms with Gasteiger partial charge in [0.1, 0.15) is 11.4 Å². The third kappa shape index (κ3) is 4.90. The van der Waals surface area contributed by atoms with Crippen molar-refractivity contribution in [3.8, 4) is 5.75 Å². The van der Waals surface area contributed by atoms with Crippen LogP contribution in [0.2, 0.25) is 0 Å². The zero-order chi connectivity index (χ0) is 28.2. The van der Waals surface area contributed by atoms with Crippen molar-refractivity contribution in [1.29, 1.82) is 5.41 Å². The molecule has 3 aliphatic heterocycles. The maximum Gasteiger partial charge on any atom is 0.251 e. The van der Waals surface area contributed by atoms with E-state index in [1.54, 1.807) is 6.07 Å². The van der Waals surface area contributed by atoms with Crippen LogP contribution in [0.15, 0.2) is 47.4 Å². The monoisotopic (exact) mass is 552 g/mol. The third-order valence-electron chi connectivity index (χ3n) is 8.36. The summed E-state index contributed by atoms with van der Waals surface area (Å²) in [6, 6.07) is 11.2. The Morgan fingerprint density at radius 3 is 2.56 bits per heavy atom. The van der Waals surface area contributed by atoms with Crippen LogP contribution in [0, 0.1) is 5.41 Å². The molecule has 0 spiro atoms. The summed E-state index contributed by atoms with van der Waals surface area (Å²) < 4.78 is 32.0. The molecule has 3 aliphatic rings. The average Bonchev–Trinajstić information content (AvgIpc) is 2.88. The van der Waals surface area contributed by atoms with Gasteiger partial charge in [-0.1, -0.05) is 32.0 Å². The van der Waals surface area contributed by atoms with Crippen molar-refractivity contribution in [1.82, 2.24) is 15.5 Å². The third-order valence-corrected chi connectivity index (χ3v) is 10.2. The number of sulfone groups is 1. The molecular formula is C29H36N4O5S. The highest BCUT2D eigenvalue weighted by molar-refractivity contribution is 7.91. The second-order valence-corrected chi connectivity index (χ2v) is 13.5. The second kappa shape index (κ2) is 9.66. The number of hydrogen-bond donors (Lipinski definition) is 3. The van der Waals surface area contributed by atoms with Gasteiger partial charge in [0.15, 0.2) is 15.8 Å². The minimum absolute atomic E-state index is 0.0268. The van der Waals surface area contributed by atoms with Crippen LogP contribution in [0.5, 0.6) is 5.75 Å². The molecule has 0 radical (unpaired) electrons. The van der Waals surface area contributed by atoms with Crippen LogP contribution in [0.25, 0.3) is 0 Å². The first-order chi connectivity index (χ1) is 18.4. The van der Waals surface area contributed by atoms with Crippen LogP contribution in [-0.4, -0.2) is 48.0 Å². The van der Waals surface area contributed by atoms with E-state index >= 15 is 0 Å². The average molecular weight is 553 g/mol. The first kappa shape index (κ1) is 27.2. The normalized spacial score (nSPS) is 24.6. The van der Waals surface area contributed by atoms with Crippen LogP contribution in [0.1, 0.15) is 93.4 Å². The zero-order valence-corrected chi connectivity index (χ0v) is 23.7. The molecule has 2 amide bonds. The van der Waals surface area contributed by atoms with E-state index < -0.39 is 27.0 Å². The van der Waals surface area contributed by atoms with Crippen molar-refractivity contribution in [2.24, 2.45) is 0 Å². The largest absolute Gasteiger partial charge is 0.487 e. The molecule has 3 heterocycles. The van der Waals surface area contributed by atoms with Gasteiger partial charge in [-0.15, -0.1) is 0 Å². The van der Waals surface area contributed by atoms with Crippen molar-refractivity contribution >= 4 is 27.6 Å². The highest BCUT2D eigenvalue weighted by Crippen LogP contribution is 2.41. The zero-order valence-electron chi connectivity index (χ0n) is 22.8. The summed E-state index contributed by atoms with van der Waals surface area (Å²) in [5.74, 6) is 0.00912. The van der Waals surface area contributed by atoms with E-state index in [0.717, 1.165) is 11.3 Å². The lowest BCUT2D eigenvalue weighted by atomic mass is 9.86. The lowest BCUT2D eigenvalue weighted by Crippen LogP contribution is -2.62. The van der Waals surface area contributed by atoms with E-state index in [9.17, 15) is 18.0 Å². The molecule has 0 aromatic heterocycles. The molecule has 39 heavy (non-hydrogen) atoms. The van der Waals surface area contributed by atoms with Crippen LogP contribution in [0.3, 0.4) is 0 Å². The van der Waals surface area contributed by atoms with Crippen molar-refractivity contribution in [3.05, 3.63) is 59.2 Å². The molecule has 1 saturated heterocycles. The number of rotatable bonds is 5. The van der Waals surface area contributed by atoms with Gasteiger partial charge in [0, 0.05) is 23.1 Å². The number of amides is 2. The van der Waals surface area contributed by atoms with E-state index in [1.807, 2.05) is 52.0 Å². The fourth-order valence-electron chi connectivity index (χ4n) is 6.07. The minimum atomic E-state index is -3.58.